The van der Waals surface area contributed by atoms with Crippen LogP contribution in [-0.4, -0.2) is 43.9 Å². The van der Waals surface area contributed by atoms with Crippen LogP contribution in [0, 0.1) is 5.82 Å². The summed E-state index contributed by atoms with van der Waals surface area (Å²) in [5, 5.41) is 26.9. The lowest BCUT2D eigenvalue weighted by molar-refractivity contribution is -0.270. The number of nitrogens with one attached hydrogen (secondary N) is 2. The van der Waals surface area contributed by atoms with Crippen molar-refractivity contribution in [3.63, 3.8) is 0 Å². The van der Waals surface area contributed by atoms with Gasteiger partial charge in [0, 0.05) is 45.3 Å². The van der Waals surface area contributed by atoms with Gasteiger partial charge in [0.1, 0.15) is 11.6 Å². The van der Waals surface area contributed by atoms with Crippen LogP contribution in [0.1, 0.15) is 31.7 Å². The molecule has 1 aromatic heterocycles. The lowest BCUT2D eigenvalue weighted by Gasteiger charge is -2.42. The molecule has 0 radical (unpaired) electrons. The Morgan fingerprint density at radius 3 is 2.27 bits per heavy atom. The van der Waals surface area contributed by atoms with Crippen molar-refractivity contribution in [2.24, 2.45) is 9.98 Å². The maximum Gasteiger partial charge on any atom is 0.417 e. The van der Waals surface area contributed by atoms with Gasteiger partial charge in [-0.05, 0) is 85.9 Å². The number of rotatable bonds is 5. The minimum Gasteiger partial charge on any atom is -0.508 e. The summed E-state index contributed by atoms with van der Waals surface area (Å²) in [6.45, 7) is 1.29. The molecule has 0 amide bonds. The molecule has 2 aromatic rings. The number of allylic oxidation sites excluding steroid dienone is 5. The molecule has 4 N–H and O–H groups in total. The minimum absolute atomic E-state index is 0.0987. The summed E-state index contributed by atoms with van der Waals surface area (Å²) in [4.78, 5) is 12.4. The molecule has 4 aliphatic heterocycles. The predicted molar refractivity (Wildman–Crippen MR) is 166 cm³/mol. The van der Waals surface area contributed by atoms with Gasteiger partial charge in [-0.1, -0.05) is 11.6 Å². The number of thiol groups is 1. The monoisotopic (exact) mass is 642 g/mol. The number of aromatic amines is 1. The molecule has 5 heterocycles. The average molecular weight is 643 g/mol. The first-order valence-corrected chi connectivity index (χ1v) is 14.5. The molecule has 228 valence electrons. The van der Waals surface area contributed by atoms with Gasteiger partial charge in [-0.2, -0.15) is 25.8 Å². The molecule has 0 spiro atoms. The summed E-state index contributed by atoms with van der Waals surface area (Å²) in [7, 11) is 0. The first-order chi connectivity index (χ1) is 20.6. The smallest absolute Gasteiger partial charge is 0.417 e. The highest BCUT2D eigenvalue weighted by Crippen LogP contribution is 2.51. The van der Waals surface area contributed by atoms with Gasteiger partial charge in [0.25, 0.3) is 0 Å². The lowest BCUT2D eigenvalue weighted by Crippen LogP contribution is -2.56. The van der Waals surface area contributed by atoms with Crippen LogP contribution in [0.25, 0.3) is 12.2 Å². The van der Waals surface area contributed by atoms with E-state index in [4.69, 9.17) is 11.6 Å². The van der Waals surface area contributed by atoms with E-state index in [-0.39, 0.29) is 17.0 Å². The molecule has 12 heteroatoms. The highest BCUT2D eigenvalue weighted by atomic mass is 35.5. The van der Waals surface area contributed by atoms with Crippen LogP contribution in [0.3, 0.4) is 0 Å². The molecule has 4 aliphatic rings. The Labute approximate surface area is 260 Å². The van der Waals surface area contributed by atoms with Gasteiger partial charge in [0.2, 0.25) is 0 Å². The maximum absolute atomic E-state index is 14.9. The summed E-state index contributed by atoms with van der Waals surface area (Å²) in [6.07, 6.45) is 6.63. The van der Waals surface area contributed by atoms with Crippen LogP contribution < -0.4 is 16.0 Å². The Morgan fingerprint density at radius 2 is 1.61 bits per heavy atom. The number of aliphatic imine (C=N–C) groups is 2. The zero-order chi connectivity index (χ0) is 31.5. The number of halogens is 5. The Morgan fingerprint density at radius 1 is 0.977 bits per heavy atom. The van der Waals surface area contributed by atoms with Gasteiger partial charge in [-0.15, -0.1) is 0 Å². The number of nitrogens with zero attached hydrogens (tertiary/aromatic N) is 2. The number of phenols is 1. The average Bonchev–Trinajstić information content (AvgIpc) is 3.70. The van der Waals surface area contributed by atoms with Crippen LogP contribution in [0.5, 0.6) is 5.75 Å². The number of benzene rings is 1. The van der Waals surface area contributed by atoms with Crippen LogP contribution in [0.2, 0.25) is 0 Å². The Balaban J connectivity index is 1.45. The summed E-state index contributed by atoms with van der Waals surface area (Å²) in [5.41, 5.74) is -2.64. The highest BCUT2D eigenvalue weighted by Gasteiger charge is 2.60. The van der Waals surface area contributed by atoms with Crippen molar-refractivity contribution < 1.29 is 27.8 Å². The number of aromatic nitrogens is 1. The second-order valence-electron chi connectivity index (χ2n) is 11.6. The number of alkyl halides is 3. The number of aliphatic hydroxyl groups is 1. The van der Waals surface area contributed by atoms with Gasteiger partial charge in [-0.3, -0.25) is 0 Å². The van der Waals surface area contributed by atoms with E-state index >= 15 is 0 Å². The van der Waals surface area contributed by atoms with Crippen molar-refractivity contribution in [2.75, 3.05) is 0 Å². The van der Waals surface area contributed by atoms with Gasteiger partial charge in [0.05, 0.1) is 34.1 Å². The lowest BCUT2D eigenvalue weighted by atomic mass is 9.76. The Bertz CT molecular complexity index is 1900. The quantitative estimate of drug-likeness (QED) is 0.226. The topological polar surface area (TPSA) is 93.0 Å². The third-order valence-electron chi connectivity index (χ3n) is 7.88. The summed E-state index contributed by atoms with van der Waals surface area (Å²) < 4.78 is 57.0. The van der Waals surface area contributed by atoms with E-state index in [0.29, 0.717) is 28.5 Å². The molecular formula is C32H27ClF4N4O2S. The first-order valence-electron chi connectivity index (χ1n) is 13.7. The highest BCUT2D eigenvalue weighted by molar-refractivity contribution is 7.81. The second-order valence-corrected chi connectivity index (χ2v) is 13.1. The summed E-state index contributed by atoms with van der Waals surface area (Å²) in [5.74, 6) is -1.21. The number of aromatic hydroxyl groups is 1. The van der Waals surface area contributed by atoms with Crippen molar-refractivity contribution in [1.82, 2.24) is 10.3 Å². The molecule has 6 nitrogen and oxygen atoms in total. The van der Waals surface area contributed by atoms with Gasteiger partial charge in [0.15, 0.2) is 5.60 Å². The van der Waals surface area contributed by atoms with Crippen LogP contribution in [-0.2, 0) is 4.75 Å². The largest absolute Gasteiger partial charge is 0.508 e. The van der Waals surface area contributed by atoms with E-state index < -0.39 is 46.5 Å². The maximum atomic E-state index is 14.9. The zero-order valence-electron chi connectivity index (χ0n) is 23.3. The van der Waals surface area contributed by atoms with E-state index in [1.807, 2.05) is 18.2 Å². The normalized spacial score (nSPS) is 23.5. The summed E-state index contributed by atoms with van der Waals surface area (Å²) in [6, 6.07) is 6.70. The van der Waals surface area contributed by atoms with Gasteiger partial charge in [-0.25, -0.2) is 14.4 Å². The molecule has 44 heavy (non-hydrogen) atoms. The molecule has 3 unspecified atom stereocenters. The molecule has 8 bridgehead atoms. The zero-order valence-corrected chi connectivity index (χ0v) is 24.9. The molecule has 1 aromatic carbocycles. The number of hydrogen-bond donors (Lipinski definition) is 5. The number of phenolic OH excluding ortho intramolecular Hbond substituents is 1. The Kier molecular flexibility index (Phi) is 7.34. The fraction of sp³-hybridized carbons (Fsp3) is 0.250. The minimum atomic E-state index is -5.15. The van der Waals surface area contributed by atoms with E-state index in [1.165, 1.54) is 13.0 Å². The molecule has 0 fully saturated rings. The number of hydrogen-bond acceptors (Lipinski definition) is 6. The van der Waals surface area contributed by atoms with E-state index in [0.717, 1.165) is 28.9 Å². The first kappa shape index (κ1) is 30.2. The van der Waals surface area contributed by atoms with E-state index in [9.17, 15) is 27.8 Å². The fourth-order valence-corrected chi connectivity index (χ4v) is 6.74. The number of fused-ring (bicyclic) bond motifs is 6. The molecule has 3 atom stereocenters. The molecule has 6 rings (SSSR count). The Hall–Kier alpha value is -3.80. The van der Waals surface area contributed by atoms with Crippen LogP contribution >= 0.6 is 24.2 Å². The number of H-pyrrole nitrogens is 1. The predicted octanol–water partition coefficient (Wildman–Crippen LogP) is 5.32. The molecule has 0 saturated heterocycles. The second kappa shape index (κ2) is 10.7. The van der Waals surface area contributed by atoms with Gasteiger partial charge < -0.3 is 20.5 Å². The molecule has 0 aliphatic carbocycles. The SMILES string of the molecule is CC(S)(CC(O)(CC12C=C3C=CC(=N3)C=c3ccc([nH]3)=CC3=NC(=CC(=C(Cl)C1)N2)C=C3)C(F)(F)F)c1cc(F)ccc1O. The van der Waals surface area contributed by atoms with E-state index in [2.05, 4.69) is 32.9 Å². The van der Waals surface area contributed by atoms with Gasteiger partial charge >= 0.3 is 6.18 Å². The van der Waals surface area contributed by atoms with Crippen molar-refractivity contribution >= 4 is 47.8 Å². The standard InChI is InChI=1S/C32H27ClF4N4O2S/c1-29(44,25-10-18(34)2-9-28(25)42)16-31(43,32(35,36)37)17-30-14-24-8-7-22(40-24)12-20-4-3-19(38-20)11-21-5-6-23(39-21)13-27(41-30)26(33)15-30/h2-14,38,41-44H,15-17H2,1H3. The summed E-state index contributed by atoms with van der Waals surface area (Å²) >= 11 is 11.1. The van der Waals surface area contributed by atoms with Crippen LogP contribution in [0.4, 0.5) is 17.6 Å². The third-order valence-corrected chi connectivity index (χ3v) is 8.61. The molecule has 0 saturated carbocycles. The van der Waals surface area contributed by atoms with Crippen molar-refractivity contribution in [3.05, 3.63) is 111 Å². The van der Waals surface area contributed by atoms with E-state index in [1.54, 1.807) is 36.5 Å². The van der Waals surface area contributed by atoms with Crippen LogP contribution in [0.15, 0.2) is 98.9 Å². The van der Waals surface area contributed by atoms with Crippen molar-refractivity contribution in [3.8, 4) is 5.75 Å². The van der Waals surface area contributed by atoms with Crippen molar-refractivity contribution in [1.29, 1.82) is 0 Å². The molecular weight excluding hydrogens is 616 g/mol. The van der Waals surface area contributed by atoms with Crippen molar-refractivity contribution in [2.45, 2.75) is 48.2 Å². The fourth-order valence-electron chi connectivity index (χ4n) is 5.96. The third kappa shape index (κ3) is 5.96.